The van der Waals surface area contributed by atoms with Gasteiger partial charge in [0.25, 0.3) is 0 Å². The van der Waals surface area contributed by atoms with Crippen LogP contribution in [0, 0.1) is 18.8 Å². The third-order valence-electron chi connectivity index (χ3n) is 6.95. The van der Waals surface area contributed by atoms with Gasteiger partial charge in [-0.2, -0.15) is 0 Å². The number of carboxylic acid groups (broad SMARTS) is 1. The Balaban J connectivity index is 1.72. The molecule has 0 bridgehead atoms. The van der Waals surface area contributed by atoms with Crippen molar-refractivity contribution in [1.82, 2.24) is 9.88 Å². The van der Waals surface area contributed by atoms with E-state index >= 15 is 0 Å². The van der Waals surface area contributed by atoms with Crippen LogP contribution in [0.1, 0.15) is 60.3 Å². The van der Waals surface area contributed by atoms with Gasteiger partial charge in [0.15, 0.2) is 0 Å². The number of carboxylic acids is 1. The van der Waals surface area contributed by atoms with Crippen LogP contribution in [0.2, 0.25) is 0 Å². The summed E-state index contributed by atoms with van der Waals surface area (Å²) in [7, 11) is 0. The van der Waals surface area contributed by atoms with Crippen LogP contribution in [0.4, 0.5) is 0 Å². The van der Waals surface area contributed by atoms with Crippen LogP contribution in [0.25, 0.3) is 10.9 Å². The van der Waals surface area contributed by atoms with Crippen molar-refractivity contribution in [3.8, 4) is 0 Å². The van der Waals surface area contributed by atoms with Gasteiger partial charge in [-0.25, -0.2) is 4.79 Å². The van der Waals surface area contributed by atoms with Crippen LogP contribution < -0.4 is 5.32 Å². The molecule has 1 aromatic heterocycles. The summed E-state index contributed by atoms with van der Waals surface area (Å²) < 4.78 is 1.97. The minimum absolute atomic E-state index is 0.404. The quantitative estimate of drug-likeness (QED) is 0.561. The summed E-state index contributed by atoms with van der Waals surface area (Å²) in [5.74, 6) is 0.450. The van der Waals surface area contributed by atoms with E-state index in [4.69, 9.17) is 0 Å². The molecule has 3 aromatic rings. The van der Waals surface area contributed by atoms with Gasteiger partial charge in [-0.15, -0.1) is 0 Å². The van der Waals surface area contributed by atoms with Gasteiger partial charge >= 0.3 is 5.97 Å². The van der Waals surface area contributed by atoms with E-state index < -0.39 is 5.97 Å². The molecular formula is C26H32N2O2. The molecule has 4 heteroatoms. The summed E-state index contributed by atoms with van der Waals surface area (Å²) in [6.07, 6.45) is 3.69. The zero-order valence-corrected chi connectivity index (χ0v) is 18.2. The molecule has 0 saturated heterocycles. The van der Waals surface area contributed by atoms with Crippen molar-refractivity contribution >= 4 is 16.9 Å². The first-order chi connectivity index (χ1) is 14.5. The number of fused-ring (bicyclic) bond motifs is 1. The summed E-state index contributed by atoms with van der Waals surface area (Å²) >= 11 is 0. The van der Waals surface area contributed by atoms with Crippen LogP contribution in [-0.4, -0.2) is 21.7 Å². The molecule has 1 fully saturated rings. The van der Waals surface area contributed by atoms with Gasteiger partial charge in [0, 0.05) is 35.6 Å². The number of nitrogens with zero attached hydrogens (tertiary/aromatic N) is 1. The number of aryl methyl sites for hydroxylation is 1. The van der Waals surface area contributed by atoms with Crippen LogP contribution in [0.15, 0.2) is 48.5 Å². The van der Waals surface area contributed by atoms with Gasteiger partial charge in [-0.1, -0.05) is 74.7 Å². The zero-order chi connectivity index (χ0) is 21.3. The fourth-order valence-corrected chi connectivity index (χ4v) is 5.06. The van der Waals surface area contributed by atoms with E-state index in [1.807, 2.05) is 28.8 Å². The van der Waals surface area contributed by atoms with Gasteiger partial charge in [0.2, 0.25) is 0 Å². The van der Waals surface area contributed by atoms with Gasteiger partial charge in [0.1, 0.15) is 5.69 Å². The molecule has 4 nitrogen and oxygen atoms in total. The molecular weight excluding hydrogens is 372 g/mol. The lowest BCUT2D eigenvalue weighted by atomic mass is 9.78. The Kier molecular flexibility index (Phi) is 5.96. The van der Waals surface area contributed by atoms with E-state index in [9.17, 15) is 9.90 Å². The van der Waals surface area contributed by atoms with Crippen molar-refractivity contribution < 1.29 is 9.90 Å². The summed E-state index contributed by atoms with van der Waals surface area (Å²) in [4.78, 5) is 12.4. The topological polar surface area (TPSA) is 54.3 Å². The maximum Gasteiger partial charge on any atom is 0.352 e. The number of aromatic nitrogens is 1. The molecule has 0 radical (unpaired) electrons. The summed E-state index contributed by atoms with van der Waals surface area (Å²) in [6.45, 7) is 7.86. The standard InChI is InChI=1S/C26H32N2O2/c1-17-8-6-10-20(14-17)16-28-24-13-5-4-11-21(24)22(25(28)26(29)30)15-27-23-12-7-9-18(2)19(23)3/h4-6,8,10-11,13-14,18-19,23,27H,7,9,12,15-16H2,1-3H3,(H,29,30)/t18-,19+,23-/m1/s1. The molecule has 0 aliphatic heterocycles. The Morgan fingerprint density at radius 2 is 1.93 bits per heavy atom. The normalized spacial score (nSPS) is 21.8. The molecule has 1 aliphatic rings. The van der Waals surface area contributed by atoms with E-state index in [2.05, 4.69) is 50.4 Å². The highest BCUT2D eigenvalue weighted by molar-refractivity contribution is 5.98. The van der Waals surface area contributed by atoms with Crippen LogP contribution in [0.5, 0.6) is 0 Å². The van der Waals surface area contributed by atoms with E-state index in [0.29, 0.717) is 36.7 Å². The molecule has 0 unspecified atom stereocenters. The first-order valence-electron chi connectivity index (χ1n) is 11.1. The SMILES string of the molecule is Cc1cccc(Cn2c(C(=O)O)c(CN[C@@H]3CCC[C@@H](C)[C@@H]3C)c3ccccc32)c1. The highest BCUT2D eigenvalue weighted by Crippen LogP contribution is 2.31. The van der Waals surface area contributed by atoms with Gasteiger partial charge in [-0.05, 0) is 36.8 Å². The maximum absolute atomic E-state index is 12.4. The van der Waals surface area contributed by atoms with Gasteiger partial charge in [-0.3, -0.25) is 0 Å². The van der Waals surface area contributed by atoms with Crippen LogP contribution in [0.3, 0.4) is 0 Å². The minimum Gasteiger partial charge on any atom is -0.477 e. The molecule has 0 spiro atoms. The van der Waals surface area contributed by atoms with E-state index in [1.165, 1.54) is 18.4 Å². The van der Waals surface area contributed by atoms with Crippen molar-refractivity contribution in [2.75, 3.05) is 0 Å². The Hall–Kier alpha value is -2.59. The third-order valence-corrected chi connectivity index (χ3v) is 6.95. The highest BCUT2D eigenvalue weighted by Gasteiger charge is 2.28. The number of nitrogens with one attached hydrogen (secondary N) is 1. The second-order valence-corrected chi connectivity index (χ2v) is 8.98. The molecule has 2 aromatic carbocycles. The maximum atomic E-state index is 12.4. The van der Waals surface area contributed by atoms with Crippen molar-refractivity contribution in [2.45, 2.75) is 59.2 Å². The van der Waals surface area contributed by atoms with Crippen molar-refractivity contribution in [1.29, 1.82) is 0 Å². The number of benzene rings is 2. The number of carbonyl (C=O) groups is 1. The zero-order valence-electron chi connectivity index (χ0n) is 18.2. The second kappa shape index (κ2) is 8.65. The third kappa shape index (κ3) is 4.01. The monoisotopic (exact) mass is 404 g/mol. The Morgan fingerprint density at radius 1 is 1.13 bits per heavy atom. The Bertz CT molecular complexity index is 1050. The largest absolute Gasteiger partial charge is 0.477 e. The van der Waals surface area contributed by atoms with Gasteiger partial charge < -0.3 is 15.0 Å². The summed E-state index contributed by atoms with van der Waals surface area (Å²) in [5, 5.41) is 14.9. The van der Waals surface area contributed by atoms with Crippen molar-refractivity contribution in [3.63, 3.8) is 0 Å². The van der Waals surface area contributed by atoms with Crippen LogP contribution >= 0.6 is 0 Å². The number of rotatable bonds is 6. The van der Waals surface area contributed by atoms with Crippen molar-refractivity contribution in [2.24, 2.45) is 11.8 Å². The predicted molar refractivity (Wildman–Crippen MR) is 122 cm³/mol. The lowest BCUT2D eigenvalue weighted by Gasteiger charge is -2.34. The van der Waals surface area contributed by atoms with Gasteiger partial charge in [0.05, 0.1) is 0 Å². The molecule has 30 heavy (non-hydrogen) atoms. The molecule has 0 amide bonds. The van der Waals surface area contributed by atoms with E-state index in [0.717, 1.165) is 28.5 Å². The average Bonchev–Trinajstić information content (AvgIpc) is 3.03. The smallest absolute Gasteiger partial charge is 0.352 e. The highest BCUT2D eigenvalue weighted by atomic mass is 16.4. The van der Waals surface area contributed by atoms with E-state index in [1.54, 1.807) is 0 Å². The Morgan fingerprint density at radius 3 is 2.70 bits per heavy atom. The number of aromatic carboxylic acids is 1. The summed E-state index contributed by atoms with van der Waals surface area (Å²) in [6, 6.07) is 16.8. The molecule has 1 aliphatic carbocycles. The molecule has 4 rings (SSSR count). The van der Waals surface area contributed by atoms with Crippen LogP contribution in [-0.2, 0) is 13.1 Å². The first-order valence-corrected chi connectivity index (χ1v) is 11.1. The lowest BCUT2D eigenvalue weighted by Crippen LogP contribution is -2.40. The Labute approximate surface area is 178 Å². The molecule has 158 valence electrons. The lowest BCUT2D eigenvalue weighted by molar-refractivity contribution is 0.0684. The second-order valence-electron chi connectivity index (χ2n) is 8.98. The van der Waals surface area contributed by atoms with Crippen molar-refractivity contribution in [3.05, 3.63) is 70.9 Å². The molecule has 1 saturated carbocycles. The summed E-state index contributed by atoms with van der Waals surface area (Å²) in [5.41, 5.74) is 4.59. The number of hydrogen-bond donors (Lipinski definition) is 2. The molecule has 1 heterocycles. The fourth-order valence-electron chi connectivity index (χ4n) is 5.06. The first kappa shape index (κ1) is 20.7. The number of hydrogen-bond acceptors (Lipinski definition) is 2. The predicted octanol–water partition coefficient (Wildman–Crippen LogP) is 5.61. The van der Waals surface area contributed by atoms with E-state index in [-0.39, 0.29) is 0 Å². The molecule has 2 N–H and O–H groups in total. The fraction of sp³-hybridized carbons (Fsp3) is 0.423. The average molecular weight is 405 g/mol. The molecule has 3 atom stereocenters. The minimum atomic E-state index is -0.860. The number of para-hydroxylation sites is 1.